The summed E-state index contributed by atoms with van der Waals surface area (Å²) in [7, 11) is 0. The molecule has 4 nitrogen and oxygen atoms in total. The molecule has 4 aromatic heterocycles. The van der Waals surface area contributed by atoms with Crippen molar-refractivity contribution in [2.45, 2.75) is 0 Å². The van der Waals surface area contributed by atoms with Crippen molar-refractivity contribution in [3.8, 4) is 123 Å². The van der Waals surface area contributed by atoms with E-state index in [1.54, 1.807) is 0 Å². The van der Waals surface area contributed by atoms with E-state index in [1.807, 2.05) is 24.5 Å². The molecule has 0 radical (unpaired) electrons. The lowest BCUT2D eigenvalue weighted by Gasteiger charge is -2.25. The minimum Gasteiger partial charge on any atom is -0.308 e. The van der Waals surface area contributed by atoms with E-state index in [1.165, 1.54) is 128 Å². The quantitative estimate of drug-likeness (QED) is 0.176. The van der Waals surface area contributed by atoms with Gasteiger partial charge in [-0.2, -0.15) is 0 Å². The highest BCUT2D eigenvalue weighted by Crippen LogP contribution is 2.52. The summed E-state index contributed by atoms with van der Waals surface area (Å²) in [5.41, 5.74) is 33.9. The van der Waals surface area contributed by atoms with Gasteiger partial charge in [0.25, 0.3) is 0 Å². The van der Waals surface area contributed by atoms with Gasteiger partial charge >= 0.3 is 0 Å². The highest BCUT2D eigenvalue weighted by atomic mass is 15.0. The van der Waals surface area contributed by atoms with Gasteiger partial charge in [0.2, 0.25) is 0 Å². The highest BCUT2D eigenvalue weighted by molar-refractivity contribution is 6.10. The van der Waals surface area contributed by atoms with E-state index in [0.717, 1.165) is 39.0 Å². The number of benzene rings is 12. The largest absolute Gasteiger partial charge is 0.308 e. The Morgan fingerprint density at radius 1 is 0.198 bits per heavy atom. The average Bonchev–Trinajstić information content (AvgIpc) is 2.18. The van der Waals surface area contributed by atoms with E-state index in [2.05, 4.69) is 300 Å². The summed E-state index contributed by atoms with van der Waals surface area (Å²) in [6, 6.07) is 110. The van der Waals surface area contributed by atoms with Gasteiger partial charge < -0.3 is 9.13 Å². The Morgan fingerprint density at radius 2 is 0.512 bits per heavy atom. The molecule has 400 valence electrons. The van der Waals surface area contributed by atoms with Crippen molar-refractivity contribution in [1.82, 2.24) is 19.1 Å². The number of rotatable bonds is 4. The minimum absolute atomic E-state index is 1.03. The third-order valence-corrected chi connectivity index (χ3v) is 17.7. The van der Waals surface area contributed by atoms with Crippen LogP contribution in [0.3, 0.4) is 0 Å². The zero-order chi connectivity index (χ0) is 56.7. The topological polar surface area (TPSA) is 35.6 Å². The molecule has 0 N–H and O–H groups in total. The van der Waals surface area contributed by atoms with Crippen molar-refractivity contribution in [2.75, 3.05) is 0 Å². The van der Waals surface area contributed by atoms with E-state index in [4.69, 9.17) is 9.97 Å². The number of nitrogens with zero attached hydrogens (tertiary/aromatic N) is 4. The van der Waals surface area contributed by atoms with Crippen LogP contribution in [0, 0.1) is 0 Å². The number of para-hydroxylation sites is 2. The Kier molecular flexibility index (Phi) is 11.5. The van der Waals surface area contributed by atoms with E-state index in [9.17, 15) is 0 Å². The molecule has 0 saturated heterocycles. The Bertz CT molecular complexity index is 5180. The van der Waals surface area contributed by atoms with Gasteiger partial charge in [0.15, 0.2) is 0 Å². The van der Waals surface area contributed by atoms with Gasteiger partial charge in [-0.25, -0.2) is 0 Å². The average molecular weight is 1090 g/mol. The summed E-state index contributed by atoms with van der Waals surface area (Å²) in [5.74, 6) is 0. The predicted molar refractivity (Wildman–Crippen MR) is 359 cm³/mol. The van der Waals surface area contributed by atoms with Crippen molar-refractivity contribution >= 4 is 43.9 Å². The standard InChI is InChI=1S/2C41H26N2/c1-2-12-31-30(11-1)32-13-3-4-14-34(32)36-19-9-18-29(40(36)35-16-6-5-15-33(31)35)27-22-24-28(25-23-27)43-38-20-8-7-17-37(38)41-39(43)21-10-26-42-41;1-2-11-31-30(10-1)32-12-3-4-14-34(32)36-24-21-28(26-38(36)35-15-6-5-13-33(31)35)27-19-22-29(23-20-27)43-39-17-8-7-16-37(39)41-40(43)18-9-25-42-41/h2*1-26H. The van der Waals surface area contributed by atoms with Crippen LogP contribution in [0.2, 0.25) is 0 Å². The monoisotopic (exact) mass is 1090 g/mol. The van der Waals surface area contributed by atoms with Crippen molar-refractivity contribution < 1.29 is 0 Å². The minimum atomic E-state index is 1.03. The molecular weight excluding hydrogens is 1040 g/mol. The number of hydrogen-bond donors (Lipinski definition) is 0. The summed E-state index contributed by atoms with van der Waals surface area (Å²) in [6.45, 7) is 0. The molecule has 0 saturated carbocycles. The van der Waals surface area contributed by atoms with Crippen LogP contribution < -0.4 is 0 Å². The molecule has 2 aliphatic rings. The van der Waals surface area contributed by atoms with Gasteiger partial charge in [-0.05, 0) is 178 Å². The normalized spacial score (nSPS) is 11.7. The molecule has 16 aromatic rings. The Balaban J connectivity index is 0.000000134. The molecule has 0 unspecified atom stereocenters. The SMILES string of the molecule is c1ccc2c(c1)-c1ccccc1-c1ccc(-c3ccc(-n4c5ccccc5c5ncccc54)cc3)cc1-c1ccccc1-2.c1ccc2c(c1)-c1ccccc1-c1cccc(-c3ccc(-n4c5ccccc5c5ncccc54)cc3)c1-c1ccccc1-2. The Labute approximate surface area is 498 Å². The predicted octanol–water partition coefficient (Wildman–Crippen LogP) is 21.7. The molecule has 0 fully saturated rings. The lowest BCUT2D eigenvalue weighted by Crippen LogP contribution is -1.99. The van der Waals surface area contributed by atoms with Crippen molar-refractivity contribution in [2.24, 2.45) is 0 Å². The van der Waals surface area contributed by atoms with Crippen molar-refractivity contribution in [3.05, 3.63) is 316 Å². The molecular formula is C82H52N4. The van der Waals surface area contributed by atoms with Gasteiger partial charge in [-0.3, -0.25) is 9.97 Å². The fraction of sp³-hybridized carbons (Fsp3) is 0. The molecule has 0 aliphatic heterocycles. The molecule has 18 rings (SSSR count). The number of pyridine rings is 2. The third-order valence-electron chi connectivity index (χ3n) is 17.7. The third kappa shape index (κ3) is 7.85. The summed E-state index contributed by atoms with van der Waals surface area (Å²) in [4.78, 5) is 9.42. The first kappa shape index (κ1) is 49.2. The van der Waals surface area contributed by atoms with Gasteiger partial charge in [0.05, 0.1) is 33.1 Å². The van der Waals surface area contributed by atoms with E-state index < -0.39 is 0 Å². The first-order chi connectivity index (χ1) is 42.7. The van der Waals surface area contributed by atoms with Gasteiger partial charge in [0.1, 0.15) is 0 Å². The molecule has 0 atom stereocenters. The van der Waals surface area contributed by atoms with E-state index >= 15 is 0 Å². The van der Waals surface area contributed by atoms with Crippen LogP contribution in [0.4, 0.5) is 0 Å². The molecule has 4 heterocycles. The van der Waals surface area contributed by atoms with Crippen LogP contribution in [0.15, 0.2) is 316 Å². The van der Waals surface area contributed by atoms with Crippen LogP contribution >= 0.6 is 0 Å². The highest BCUT2D eigenvalue weighted by Gasteiger charge is 2.26. The Morgan fingerprint density at radius 3 is 0.965 bits per heavy atom. The Hall–Kier alpha value is -11.5. The maximum absolute atomic E-state index is 4.72. The van der Waals surface area contributed by atoms with E-state index in [0.29, 0.717) is 0 Å². The zero-order valence-corrected chi connectivity index (χ0v) is 46.8. The lowest BCUT2D eigenvalue weighted by atomic mass is 9.78. The molecule has 0 bridgehead atoms. The fourth-order valence-corrected chi connectivity index (χ4v) is 13.9. The van der Waals surface area contributed by atoms with Gasteiger partial charge in [-0.1, -0.05) is 237 Å². The van der Waals surface area contributed by atoms with Gasteiger partial charge in [-0.15, -0.1) is 0 Å². The number of hydrogen-bond acceptors (Lipinski definition) is 2. The molecule has 86 heavy (non-hydrogen) atoms. The molecule has 4 heteroatoms. The second-order valence-electron chi connectivity index (χ2n) is 22.3. The first-order valence-corrected chi connectivity index (χ1v) is 29.5. The van der Waals surface area contributed by atoms with Crippen LogP contribution in [0.1, 0.15) is 0 Å². The van der Waals surface area contributed by atoms with Crippen molar-refractivity contribution in [1.29, 1.82) is 0 Å². The summed E-state index contributed by atoms with van der Waals surface area (Å²) in [6.07, 6.45) is 3.75. The summed E-state index contributed by atoms with van der Waals surface area (Å²) >= 11 is 0. The van der Waals surface area contributed by atoms with E-state index in [-0.39, 0.29) is 0 Å². The van der Waals surface area contributed by atoms with Crippen LogP contribution in [-0.2, 0) is 0 Å². The molecule has 0 spiro atoms. The summed E-state index contributed by atoms with van der Waals surface area (Å²) in [5, 5.41) is 2.34. The molecule has 12 aromatic carbocycles. The first-order valence-electron chi connectivity index (χ1n) is 29.5. The molecule has 2 aliphatic carbocycles. The lowest BCUT2D eigenvalue weighted by molar-refractivity contribution is 1.18. The molecule has 0 amide bonds. The second kappa shape index (κ2) is 20.2. The number of aromatic nitrogens is 4. The zero-order valence-electron chi connectivity index (χ0n) is 46.8. The smallest absolute Gasteiger partial charge is 0.0963 e. The maximum Gasteiger partial charge on any atom is 0.0963 e. The maximum atomic E-state index is 4.72. The van der Waals surface area contributed by atoms with Gasteiger partial charge in [0, 0.05) is 34.5 Å². The van der Waals surface area contributed by atoms with Crippen LogP contribution in [0.5, 0.6) is 0 Å². The second-order valence-corrected chi connectivity index (χ2v) is 22.3. The number of fused-ring (bicyclic) bond motifs is 22. The summed E-state index contributed by atoms with van der Waals surface area (Å²) < 4.78 is 4.63. The van der Waals surface area contributed by atoms with Crippen molar-refractivity contribution in [3.63, 3.8) is 0 Å². The fourth-order valence-electron chi connectivity index (χ4n) is 13.9. The van der Waals surface area contributed by atoms with Crippen LogP contribution in [-0.4, -0.2) is 19.1 Å². The van der Waals surface area contributed by atoms with Crippen LogP contribution in [0.25, 0.3) is 167 Å².